The molecule has 0 aromatic rings. The molecule has 0 aliphatic heterocycles. The molecule has 2 aliphatic rings. The second-order valence-corrected chi connectivity index (χ2v) is 5.83. The minimum absolute atomic E-state index is 0.920. The monoisotopic (exact) mass is 232 g/mol. The fraction of sp³-hybridized carbons (Fsp3) is 0.765. The molecule has 0 heteroatoms. The Morgan fingerprint density at radius 2 is 1.88 bits per heavy atom. The first-order valence-corrected chi connectivity index (χ1v) is 7.77. The molecule has 0 nitrogen and oxygen atoms in total. The summed E-state index contributed by atoms with van der Waals surface area (Å²) in [4.78, 5) is 0. The largest absolute Gasteiger partial charge is 0.0845 e. The van der Waals surface area contributed by atoms with Crippen LogP contribution in [0.15, 0.2) is 23.8 Å². The molecular weight excluding hydrogens is 204 g/mol. The molecule has 96 valence electrons. The van der Waals surface area contributed by atoms with Crippen LogP contribution in [-0.2, 0) is 0 Å². The second-order valence-electron chi connectivity index (χ2n) is 5.83. The van der Waals surface area contributed by atoms with Gasteiger partial charge in [-0.15, -0.1) is 0 Å². The maximum Gasteiger partial charge on any atom is -0.0172 e. The number of allylic oxidation sites excluding steroid dienone is 4. The molecule has 2 aliphatic carbocycles. The topological polar surface area (TPSA) is 0 Å². The standard InChI is InChI=1S/C17H28/c1-2-15-13-14-16-11-9-7-5-3-4-6-8-10-12-17(15)16/h7,9,11,15,17H,2-6,8,10,12-14H2,1H3/b9-7+,16-11-. The van der Waals surface area contributed by atoms with Gasteiger partial charge in [0.15, 0.2) is 0 Å². The molecule has 0 N–H and O–H groups in total. The van der Waals surface area contributed by atoms with Gasteiger partial charge >= 0.3 is 0 Å². The molecule has 0 radical (unpaired) electrons. The van der Waals surface area contributed by atoms with E-state index in [1.165, 1.54) is 64.2 Å². The molecule has 17 heavy (non-hydrogen) atoms. The average Bonchev–Trinajstić information content (AvgIpc) is 2.71. The van der Waals surface area contributed by atoms with E-state index in [1.807, 2.05) is 0 Å². The van der Waals surface area contributed by atoms with E-state index in [0.717, 1.165) is 11.8 Å². The van der Waals surface area contributed by atoms with Gasteiger partial charge in [0.2, 0.25) is 0 Å². The Balaban J connectivity index is 2.03. The second kappa shape index (κ2) is 7.03. The highest BCUT2D eigenvalue weighted by atomic mass is 14.3. The molecule has 0 aromatic heterocycles. The lowest BCUT2D eigenvalue weighted by molar-refractivity contribution is 0.373. The molecule has 0 bridgehead atoms. The Morgan fingerprint density at radius 3 is 2.76 bits per heavy atom. The zero-order chi connectivity index (χ0) is 11.9. The van der Waals surface area contributed by atoms with Crippen molar-refractivity contribution < 1.29 is 0 Å². The van der Waals surface area contributed by atoms with Crippen molar-refractivity contribution in [3.05, 3.63) is 23.8 Å². The van der Waals surface area contributed by atoms with Gasteiger partial charge in [0.05, 0.1) is 0 Å². The fourth-order valence-electron chi connectivity index (χ4n) is 3.60. The molecule has 2 rings (SSSR count). The zero-order valence-corrected chi connectivity index (χ0v) is 11.5. The zero-order valence-electron chi connectivity index (χ0n) is 11.5. The van der Waals surface area contributed by atoms with E-state index in [2.05, 4.69) is 25.2 Å². The van der Waals surface area contributed by atoms with E-state index in [0.29, 0.717) is 0 Å². The quantitative estimate of drug-likeness (QED) is 0.548. The normalized spacial score (nSPS) is 36.2. The Kier molecular flexibility index (Phi) is 5.35. The highest BCUT2D eigenvalue weighted by Crippen LogP contribution is 2.41. The van der Waals surface area contributed by atoms with Crippen LogP contribution in [0.25, 0.3) is 0 Å². The molecule has 1 saturated carbocycles. The van der Waals surface area contributed by atoms with Crippen LogP contribution in [0.1, 0.15) is 71.1 Å². The Hall–Kier alpha value is -0.520. The third kappa shape index (κ3) is 3.72. The van der Waals surface area contributed by atoms with Crippen LogP contribution < -0.4 is 0 Å². The first kappa shape index (κ1) is 12.9. The maximum atomic E-state index is 2.45. The van der Waals surface area contributed by atoms with Gasteiger partial charge in [-0.05, 0) is 43.9 Å². The van der Waals surface area contributed by atoms with Crippen LogP contribution in [0.4, 0.5) is 0 Å². The Bertz CT molecular complexity index is 272. The summed E-state index contributed by atoms with van der Waals surface area (Å²) in [5, 5.41) is 0. The van der Waals surface area contributed by atoms with E-state index < -0.39 is 0 Å². The summed E-state index contributed by atoms with van der Waals surface area (Å²) >= 11 is 0. The van der Waals surface area contributed by atoms with Crippen LogP contribution in [0.3, 0.4) is 0 Å². The van der Waals surface area contributed by atoms with Gasteiger partial charge in [0.25, 0.3) is 0 Å². The summed E-state index contributed by atoms with van der Waals surface area (Å²) in [6.07, 6.45) is 21.3. The van der Waals surface area contributed by atoms with E-state index in [9.17, 15) is 0 Å². The van der Waals surface area contributed by atoms with Crippen LogP contribution in [0, 0.1) is 11.8 Å². The number of hydrogen-bond donors (Lipinski definition) is 0. The summed E-state index contributed by atoms with van der Waals surface area (Å²) in [7, 11) is 0. The van der Waals surface area contributed by atoms with Crippen molar-refractivity contribution in [2.75, 3.05) is 0 Å². The lowest BCUT2D eigenvalue weighted by Gasteiger charge is -2.19. The summed E-state index contributed by atoms with van der Waals surface area (Å²) in [5.41, 5.74) is 1.76. The van der Waals surface area contributed by atoms with Gasteiger partial charge in [-0.3, -0.25) is 0 Å². The van der Waals surface area contributed by atoms with Gasteiger partial charge in [-0.2, -0.15) is 0 Å². The first-order valence-electron chi connectivity index (χ1n) is 7.77. The van der Waals surface area contributed by atoms with Crippen LogP contribution in [-0.4, -0.2) is 0 Å². The molecule has 0 aromatic carbocycles. The lowest BCUT2D eigenvalue weighted by Crippen LogP contribution is -2.08. The summed E-state index contributed by atoms with van der Waals surface area (Å²) < 4.78 is 0. The molecule has 2 unspecified atom stereocenters. The van der Waals surface area contributed by atoms with Gasteiger partial charge < -0.3 is 0 Å². The van der Waals surface area contributed by atoms with Gasteiger partial charge in [-0.25, -0.2) is 0 Å². The molecule has 0 spiro atoms. The molecule has 0 heterocycles. The molecule has 1 fully saturated rings. The SMILES string of the molecule is CCC1CC/C2=C/C=C/CCCCCCCC21. The van der Waals surface area contributed by atoms with Crippen molar-refractivity contribution in [3.63, 3.8) is 0 Å². The number of fused-ring (bicyclic) bond motifs is 1. The van der Waals surface area contributed by atoms with Crippen LogP contribution in [0.5, 0.6) is 0 Å². The highest BCUT2D eigenvalue weighted by molar-refractivity contribution is 5.19. The van der Waals surface area contributed by atoms with E-state index in [-0.39, 0.29) is 0 Å². The molecular formula is C17H28. The minimum Gasteiger partial charge on any atom is -0.0845 e. The van der Waals surface area contributed by atoms with Crippen molar-refractivity contribution in [1.29, 1.82) is 0 Å². The van der Waals surface area contributed by atoms with Crippen LogP contribution in [0.2, 0.25) is 0 Å². The lowest BCUT2D eigenvalue weighted by atomic mass is 9.86. The van der Waals surface area contributed by atoms with Crippen molar-refractivity contribution in [2.24, 2.45) is 11.8 Å². The molecule has 0 amide bonds. The Labute approximate surface area is 107 Å². The predicted octanol–water partition coefficient (Wildman–Crippen LogP) is 5.65. The predicted molar refractivity (Wildman–Crippen MR) is 76.0 cm³/mol. The smallest absolute Gasteiger partial charge is 0.0172 e. The van der Waals surface area contributed by atoms with Crippen molar-refractivity contribution in [3.8, 4) is 0 Å². The number of rotatable bonds is 1. The summed E-state index contributed by atoms with van der Waals surface area (Å²) in [6.45, 7) is 2.37. The van der Waals surface area contributed by atoms with Crippen molar-refractivity contribution >= 4 is 0 Å². The fourth-order valence-corrected chi connectivity index (χ4v) is 3.60. The first-order chi connectivity index (χ1) is 8.42. The van der Waals surface area contributed by atoms with Crippen molar-refractivity contribution in [1.82, 2.24) is 0 Å². The van der Waals surface area contributed by atoms with Crippen molar-refractivity contribution in [2.45, 2.75) is 71.1 Å². The van der Waals surface area contributed by atoms with E-state index in [1.54, 1.807) is 5.57 Å². The van der Waals surface area contributed by atoms with Gasteiger partial charge in [0.1, 0.15) is 0 Å². The average molecular weight is 232 g/mol. The van der Waals surface area contributed by atoms with E-state index >= 15 is 0 Å². The summed E-state index contributed by atoms with van der Waals surface area (Å²) in [6, 6.07) is 0. The molecule has 2 atom stereocenters. The Morgan fingerprint density at radius 1 is 1.06 bits per heavy atom. The highest BCUT2D eigenvalue weighted by Gasteiger charge is 2.29. The third-order valence-electron chi connectivity index (χ3n) is 4.71. The van der Waals surface area contributed by atoms with E-state index in [4.69, 9.17) is 0 Å². The van der Waals surface area contributed by atoms with Crippen LogP contribution >= 0.6 is 0 Å². The maximum absolute atomic E-state index is 2.45. The number of hydrogen-bond acceptors (Lipinski definition) is 0. The van der Waals surface area contributed by atoms with Gasteiger partial charge in [0, 0.05) is 0 Å². The van der Waals surface area contributed by atoms with Gasteiger partial charge in [-0.1, -0.05) is 62.8 Å². The minimum atomic E-state index is 0.920. The molecule has 0 saturated heterocycles. The third-order valence-corrected chi connectivity index (χ3v) is 4.71. The summed E-state index contributed by atoms with van der Waals surface area (Å²) in [5.74, 6) is 1.90.